The van der Waals surface area contributed by atoms with E-state index < -0.39 is 0 Å². The Hall–Kier alpha value is -0.940. The molecule has 1 aliphatic rings. The Morgan fingerprint density at radius 1 is 1.43 bits per heavy atom. The van der Waals surface area contributed by atoms with E-state index in [1.807, 2.05) is 19.1 Å². The number of carbonyl (C=O) groups excluding carboxylic acids is 1. The smallest absolute Gasteiger partial charge is 0.228 e. The lowest BCUT2D eigenvalue weighted by molar-refractivity contribution is -0.127. The lowest BCUT2D eigenvalue weighted by Crippen LogP contribution is -2.50. The molecule has 0 saturated heterocycles. The summed E-state index contributed by atoms with van der Waals surface area (Å²) in [5, 5.41) is 3.04. The van der Waals surface area contributed by atoms with E-state index in [0.29, 0.717) is 5.92 Å². The third-order valence-corrected chi connectivity index (χ3v) is 5.57. The van der Waals surface area contributed by atoms with E-state index >= 15 is 0 Å². The molecule has 0 aliphatic heterocycles. The molecule has 1 aliphatic carbocycles. The van der Waals surface area contributed by atoms with E-state index in [9.17, 15) is 4.79 Å². The van der Waals surface area contributed by atoms with E-state index in [0.717, 1.165) is 28.8 Å². The largest absolute Gasteiger partial charge is 0.327 e. The molecule has 3 N–H and O–H groups in total. The molecule has 0 spiro atoms. The highest BCUT2D eigenvalue weighted by molar-refractivity contribution is 9.10. The minimum absolute atomic E-state index is 0.0182. The van der Waals surface area contributed by atoms with Crippen LogP contribution in [-0.4, -0.2) is 16.9 Å². The van der Waals surface area contributed by atoms with Gasteiger partial charge in [-0.1, -0.05) is 20.8 Å². The number of pyridine rings is 1. The highest BCUT2D eigenvalue weighted by Crippen LogP contribution is 2.44. The van der Waals surface area contributed by atoms with Gasteiger partial charge in [0.2, 0.25) is 5.91 Å². The fraction of sp³-hybridized carbons (Fsp3) is 0.625. The van der Waals surface area contributed by atoms with Crippen molar-refractivity contribution in [2.24, 2.45) is 23.0 Å². The highest BCUT2D eigenvalue weighted by Gasteiger charge is 2.45. The standard InChI is InChI=1S/C16H24BrN3O/c1-9-12(18)6-5-11(16(9,3)4)15(21)20-13-7-8-14(17)19-10(13)2/h7-9,11-12H,5-6,18H2,1-4H3,(H,20,21). The molecule has 1 aromatic heterocycles. The van der Waals surface area contributed by atoms with Gasteiger partial charge in [-0.15, -0.1) is 0 Å². The molecule has 116 valence electrons. The molecule has 1 aromatic rings. The Kier molecular flexibility index (Phi) is 4.73. The first-order valence-corrected chi connectivity index (χ1v) is 8.22. The molecule has 1 heterocycles. The summed E-state index contributed by atoms with van der Waals surface area (Å²) in [5.41, 5.74) is 7.66. The van der Waals surface area contributed by atoms with Crippen LogP contribution in [0, 0.1) is 24.2 Å². The number of rotatable bonds is 2. The molecule has 1 saturated carbocycles. The van der Waals surface area contributed by atoms with Gasteiger partial charge in [-0.25, -0.2) is 4.98 Å². The van der Waals surface area contributed by atoms with Crippen molar-refractivity contribution in [3.63, 3.8) is 0 Å². The SMILES string of the molecule is Cc1nc(Br)ccc1NC(=O)C1CCC(N)C(C)C1(C)C. The molecule has 1 amide bonds. The molecule has 5 heteroatoms. The van der Waals surface area contributed by atoms with Crippen LogP contribution in [0.15, 0.2) is 16.7 Å². The first-order valence-electron chi connectivity index (χ1n) is 7.43. The average Bonchev–Trinajstić information content (AvgIpc) is 2.39. The first-order chi connectivity index (χ1) is 9.73. The van der Waals surface area contributed by atoms with Gasteiger partial charge in [0.1, 0.15) is 4.60 Å². The number of hydrogen-bond acceptors (Lipinski definition) is 3. The van der Waals surface area contributed by atoms with Crippen molar-refractivity contribution in [3.8, 4) is 0 Å². The van der Waals surface area contributed by atoms with Gasteiger partial charge in [-0.05, 0) is 59.2 Å². The van der Waals surface area contributed by atoms with E-state index in [4.69, 9.17) is 5.73 Å². The van der Waals surface area contributed by atoms with Crippen LogP contribution in [0.3, 0.4) is 0 Å². The predicted molar refractivity (Wildman–Crippen MR) is 88.9 cm³/mol. The fourth-order valence-electron chi connectivity index (χ4n) is 3.20. The Labute approximate surface area is 135 Å². The zero-order valence-electron chi connectivity index (χ0n) is 13.1. The maximum Gasteiger partial charge on any atom is 0.228 e. The highest BCUT2D eigenvalue weighted by atomic mass is 79.9. The molecule has 3 unspecified atom stereocenters. The number of amides is 1. The normalized spacial score (nSPS) is 28.2. The summed E-state index contributed by atoms with van der Waals surface area (Å²) < 4.78 is 0.774. The lowest BCUT2D eigenvalue weighted by atomic mass is 9.61. The molecular formula is C16H24BrN3O. The van der Waals surface area contributed by atoms with Crippen molar-refractivity contribution in [2.75, 3.05) is 5.32 Å². The maximum atomic E-state index is 12.7. The van der Waals surface area contributed by atoms with E-state index in [1.165, 1.54) is 0 Å². The van der Waals surface area contributed by atoms with Crippen molar-refractivity contribution in [2.45, 2.75) is 46.6 Å². The van der Waals surface area contributed by atoms with Crippen LogP contribution in [0.2, 0.25) is 0 Å². The van der Waals surface area contributed by atoms with E-state index in [1.54, 1.807) is 0 Å². The molecule has 21 heavy (non-hydrogen) atoms. The minimum Gasteiger partial charge on any atom is -0.327 e. The number of hydrogen-bond donors (Lipinski definition) is 2. The third kappa shape index (κ3) is 3.29. The van der Waals surface area contributed by atoms with Crippen molar-refractivity contribution < 1.29 is 4.79 Å². The van der Waals surface area contributed by atoms with Crippen LogP contribution in [0.25, 0.3) is 0 Å². The number of aromatic nitrogens is 1. The number of halogens is 1. The quantitative estimate of drug-likeness (QED) is 0.799. The topological polar surface area (TPSA) is 68.0 Å². The number of carbonyl (C=O) groups is 1. The summed E-state index contributed by atoms with van der Waals surface area (Å²) in [6, 6.07) is 3.91. The van der Waals surface area contributed by atoms with Crippen LogP contribution in [0.5, 0.6) is 0 Å². The Bertz CT molecular complexity index is 544. The lowest BCUT2D eigenvalue weighted by Gasteiger charge is -2.46. The third-order valence-electron chi connectivity index (χ3n) is 5.13. The second kappa shape index (κ2) is 6.05. The summed E-state index contributed by atoms with van der Waals surface area (Å²) in [6.07, 6.45) is 1.74. The second-order valence-electron chi connectivity index (χ2n) is 6.66. The van der Waals surface area contributed by atoms with Crippen molar-refractivity contribution >= 4 is 27.5 Å². The van der Waals surface area contributed by atoms with Crippen LogP contribution in [-0.2, 0) is 4.79 Å². The van der Waals surface area contributed by atoms with Gasteiger partial charge in [0.25, 0.3) is 0 Å². The van der Waals surface area contributed by atoms with Gasteiger partial charge in [0.15, 0.2) is 0 Å². The number of nitrogens with zero attached hydrogens (tertiary/aromatic N) is 1. The minimum atomic E-state index is -0.0988. The predicted octanol–water partition coefficient (Wildman–Crippen LogP) is 3.49. The summed E-state index contributed by atoms with van der Waals surface area (Å²) in [4.78, 5) is 17.0. The van der Waals surface area contributed by atoms with Gasteiger partial charge < -0.3 is 11.1 Å². The molecule has 2 rings (SSSR count). The van der Waals surface area contributed by atoms with Gasteiger partial charge in [-0.2, -0.15) is 0 Å². The van der Waals surface area contributed by atoms with Crippen LogP contribution in [0.1, 0.15) is 39.3 Å². The molecular weight excluding hydrogens is 330 g/mol. The Morgan fingerprint density at radius 3 is 2.71 bits per heavy atom. The molecule has 3 atom stereocenters. The molecule has 0 bridgehead atoms. The van der Waals surface area contributed by atoms with Gasteiger partial charge in [0.05, 0.1) is 11.4 Å². The summed E-state index contributed by atoms with van der Waals surface area (Å²) >= 11 is 3.33. The summed E-state index contributed by atoms with van der Waals surface area (Å²) in [5.74, 6) is 0.382. The molecule has 0 aromatic carbocycles. The zero-order valence-corrected chi connectivity index (χ0v) is 14.7. The number of anilines is 1. The number of nitrogens with one attached hydrogen (secondary N) is 1. The average molecular weight is 354 g/mol. The van der Waals surface area contributed by atoms with Gasteiger partial charge in [0, 0.05) is 12.0 Å². The Balaban J connectivity index is 2.16. The summed E-state index contributed by atoms with van der Waals surface area (Å²) in [6.45, 7) is 8.34. The number of nitrogens with two attached hydrogens (primary N) is 1. The maximum absolute atomic E-state index is 12.7. The van der Waals surface area contributed by atoms with Crippen LogP contribution >= 0.6 is 15.9 Å². The van der Waals surface area contributed by atoms with Crippen molar-refractivity contribution in [3.05, 3.63) is 22.4 Å². The molecule has 4 nitrogen and oxygen atoms in total. The van der Waals surface area contributed by atoms with Crippen molar-refractivity contribution in [1.29, 1.82) is 0 Å². The fourth-order valence-corrected chi connectivity index (χ4v) is 3.60. The zero-order chi connectivity index (χ0) is 15.8. The van der Waals surface area contributed by atoms with E-state index in [2.05, 4.69) is 47.0 Å². The monoisotopic (exact) mass is 353 g/mol. The van der Waals surface area contributed by atoms with Gasteiger partial charge in [-0.3, -0.25) is 4.79 Å². The van der Waals surface area contributed by atoms with Crippen LogP contribution in [0.4, 0.5) is 5.69 Å². The first kappa shape index (κ1) is 16.4. The Morgan fingerprint density at radius 2 is 2.10 bits per heavy atom. The van der Waals surface area contributed by atoms with Gasteiger partial charge >= 0.3 is 0 Å². The van der Waals surface area contributed by atoms with Crippen LogP contribution < -0.4 is 11.1 Å². The number of aryl methyl sites for hydroxylation is 1. The van der Waals surface area contributed by atoms with E-state index in [-0.39, 0.29) is 23.3 Å². The molecule has 1 fully saturated rings. The second-order valence-corrected chi connectivity index (χ2v) is 7.47. The summed E-state index contributed by atoms with van der Waals surface area (Å²) in [7, 11) is 0. The van der Waals surface area contributed by atoms with Crippen molar-refractivity contribution in [1.82, 2.24) is 4.98 Å². The molecule has 0 radical (unpaired) electrons.